The van der Waals surface area contributed by atoms with Crippen molar-refractivity contribution in [2.24, 2.45) is 5.92 Å². The summed E-state index contributed by atoms with van der Waals surface area (Å²) in [5, 5.41) is 0. The molecule has 18 heavy (non-hydrogen) atoms. The van der Waals surface area contributed by atoms with Crippen LogP contribution in [0.25, 0.3) is 0 Å². The van der Waals surface area contributed by atoms with Gasteiger partial charge in [0.2, 0.25) is 0 Å². The van der Waals surface area contributed by atoms with Gasteiger partial charge in [-0.1, -0.05) is 0 Å². The molecule has 1 unspecified atom stereocenters. The zero-order valence-corrected chi connectivity index (χ0v) is 11.0. The van der Waals surface area contributed by atoms with Crippen LogP contribution in [0.15, 0.2) is 11.6 Å². The monoisotopic (exact) mass is 258 g/mol. The summed E-state index contributed by atoms with van der Waals surface area (Å²) in [5.41, 5.74) is -0.0813. The van der Waals surface area contributed by atoms with Crippen molar-refractivity contribution in [3.63, 3.8) is 0 Å². The summed E-state index contributed by atoms with van der Waals surface area (Å²) in [5.74, 6) is -2.95. The Morgan fingerprint density at radius 1 is 1.11 bits per heavy atom. The topological polar surface area (TPSA) is 78.9 Å². The third-order valence-electron chi connectivity index (χ3n) is 2.09. The number of hydrogen-bond acceptors (Lipinski definition) is 6. The van der Waals surface area contributed by atoms with Crippen molar-refractivity contribution in [3.05, 3.63) is 11.6 Å². The van der Waals surface area contributed by atoms with Crippen molar-refractivity contribution in [3.8, 4) is 0 Å². The van der Waals surface area contributed by atoms with Crippen LogP contribution in [0, 0.1) is 5.92 Å². The fraction of sp³-hybridized carbons (Fsp3) is 0.583. The molecule has 0 bridgehead atoms. The van der Waals surface area contributed by atoms with E-state index in [1.54, 1.807) is 13.8 Å². The molecule has 1 atom stereocenters. The molecule has 0 aromatic rings. The number of esters is 3. The number of rotatable bonds is 6. The van der Waals surface area contributed by atoms with Gasteiger partial charge in [-0.25, -0.2) is 9.59 Å². The van der Waals surface area contributed by atoms with Crippen LogP contribution in [-0.4, -0.2) is 38.2 Å². The Morgan fingerprint density at radius 3 is 2.11 bits per heavy atom. The fourth-order valence-corrected chi connectivity index (χ4v) is 1.19. The molecule has 0 aromatic carbocycles. The minimum absolute atomic E-state index is 0.0813. The van der Waals surface area contributed by atoms with E-state index in [4.69, 9.17) is 4.74 Å². The van der Waals surface area contributed by atoms with Crippen LogP contribution in [0.5, 0.6) is 0 Å². The first-order chi connectivity index (χ1) is 8.47. The molecular formula is C12H18O6. The Kier molecular flexibility index (Phi) is 7.42. The smallest absolute Gasteiger partial charge is 0.335 e. The number of carbonyl (C=O) groups excluding carboxylic acids is 3. The summed E-state index contributed by atoms with van der Waals surface area (Å²) >= 11 is 0. The van der Waals surface area contributed by atoms with Crippen LogP contribution in [-0.2, 0) is 28.6 Å². The number of methoxy groups -OCH3 is 1. The molecule has 0 heterocycles. The standard InChI is InChI=1S/C12H18O6/c1-5-17-10(13)7-9(12(15)18-6-2)8(3)11(14)16-4/h7-8H,5-6H2,1-4H3/b9-7-. The maximum atomic E-state index is 11.6. The van der Waals surface area contributed by atoms with Gasteiger partial charge in [-0.3, -0.25) is 4.79 Å². The zero-order valence-electron chi connectivity index (χ0n) is 11.0. The maximum absolute atomic E-state index is 11.6. The summed E-state index contributed by atoms with van der Waals surface area (Å²) in [6.07, 6.45) is 0.961. The lowest BCUT2D eigenvalue weighted by molar-refractivity contribution is -0.148. The first-order valence-electron chi connectivity index (χ1n) is 5.61. The van der Waals surface area contributed by atoms with Gasteiger partial charge < -0.3 is 14.2 Å². The number of carbonyl (C=O) groups is 3. The molecule has 0 N–H and O–H groups in total. The second-order valence-corrected chi connectivity index (χ2v) is 3.32. The Labute approximate surface area is 106 Å². The summed E-state index contributed by atoms with van der Waals surface area (Å²) in [6.45, 7) is 5.04. The Balaban J connectivity index is 5.10. The second kappa shape index (κ2) is 8.27. The molecule has 0 fully saturated rings. The summed E-state index contributed by atoms with van der Waals surface area (Å²) in [6, 6.07) is 0. The molecule has 0 rings (SSSR count). The van der Waals surface area contributed by atoms with E-state index in [1.807, 2.05) is 0 Å². The molecule has 0 saturated heterocycles. The lowest BCUT2D eigenvalue weighted by atomic mass is 10.0. The fourth-order valence-electron chi connectivity index (χ4n) is 1.19. The van der Waals surface area contributed by atoms with Gasteiger partial charge in [0.15, 0.2) is 0 Å². The number of ether oxygens (including phenoxy) is 3. The molecule has 0 aromatic heterocycles. The van der Waals surface area contributed by atoms with E-state index in [1.165, 1.54) is 14.0 Å². The van der Waals surface area contributed by atoms with Crippen LogP contribution < -0.4 is 0 Å². The third kappa shape index (κ3) is 4.99. The van der Waals surface area contributed by atoms with E-state index in [-0.39, 0.29) is 18.8 Å². The van der Waals surface area contributed by atoms with Gasteiger partial charge in [0, 0.05) is 6.08 Å². The van der Waals surface area contributed by atoms with E-state index in [0.29, 0.717) is 0 Å². The molecule has 0 aliphatic heterocycles. The van der Waals surface area contributed by atoms with Gasteiger partial charge in [0.1, 0.15) is 0 Å². The lowest BCUT2D eigenvalue weighted by Crippen LogP contribution is -2.23. The van der Waals surface area contributed by atoms with Gasteiger partial charge >= 0.3 is 17.9 Å². The van der Waals surface area contributed by atoms with E-state index in [0.717, 1.165) is 6.08 Å². The molecule has 0 saturated carbocycles. The summed E-state index contributed by atoms with van der Waals surface area (Å²) in [7, 11) is 1.20. The predicted molar refractivity (Wildman–Crippen MR) is 62.5 cm³/mol. The first kappa shape index (κ1) is 16.1. The molecule has 0 radical (unpaired) electrons. The second-order valence-electron chi connectivity index (χ2n) is 3.32. The molecule has 102 valence electrons. The van der Waals surface area contributed by atoms with Gasteiger partial charge in [0.05, 0.1) is 31.8 Å². The lowest BCUT2D eigenvalue weighted by Gasteiger charge is -2.12. The highest BCUT2D eigenvalue weighted by atomic mass is 16.5. The first-order valence-corrected chi connectivity index (χ1v) is 5.61. The van der Waals surface area contributed by atoms with E-state index in [9.17, 15) is 14.4 Å². The van der Waals surface area contributed by atoms with Crippen molar-refractivity contribution >= 4 is 17.9 Å². The molecule has 6 heteroatoms. The van der Waals surface area contributed by atoms with E-state index >= 15 is 0 Å². The third-order valence-corrected chi connectivity index (χ3v) is 2.09. The normalized spacial score (nSPS) is 12.6. The van der Waals surface area contributed by atoms with Crippen LogP contribution in [0.2, 0.25) is 0 Å². The van der Waals surface area contributed by atoms with Crippen molar-refractivity contribution in [2.45, 2.75) is 20.8 Å². The highest BCUT2D eigenvalue weighted by Gasteiger charge is 2.26. The SMILES string of the molecule is CCOC(=O)/C=C(\C(=O)OCC)C(C)C(=O)OC. The van der Waals surface area contributed by atoms with Crippen molar-refractivity contribution in [1.82, 2.24) is 0 Å². The van der Waals surface area contributed by atoms with Crippen LogP contribution in [0.3, 0.4) is 0 Å². The van der Waals surface area contributed by atoms with Gasteiger partial charge in [-0.15, -0.1) is 0 Å². The molecular weight excluding hydrogens is 240 g/mol. The highest BCUT2D eigenvalue weighted by molar-refractivity contribution is 6.00. The minimum Gasteiger partial charge on any atom is -0.469 e. The molecule has 0 aliphatic carbocycles. The highest BCUT2D eigenvalue weighted by Crippen LogP contribution is 2.14. The molecule has 0 spiro atoms. The summed E-state index contributed by atoms with van der Waals surface area (Å²) < 4.78 is 14.0. The van der Waals surface area contributed by atoms with Gasteiger partial charge in [-0.05, 0) is 20.8 Å². The van der Waals surface area contributed by atoms with Crippen molar-refractivity contribution in [1.29, 1.82) is 0 Å². The molecule has 0 amide bonds. The van der Waals surface area contributed by atoms with Crippen molar-refractivity contribution < 1.29 is 28.6 Å². The largest absolute Gasteiger partial charge is 0.469 e. The van der Waals surface area contributed by atoms with E-state index < -0.39 is 23.8 Å². The van der Waals surface area contributed by atoms with Gasteiger partial charge in [0.25, 0.3) is 0 Å². The average molecular weight is 258 g/mol. The van der Waals surface area contributed by atoms with Crippen LogP contribution in [0.1, 0.15) is 20.8 Å². The quantitative estimate of drug-likeness (QED) is 0.399. The average Bonchev–Trinajstić information content (AvgIpc) is 2.34. The summed E-state index contributed by atoms with van der Waals surface area (Å²) in [4.78, 5) is 34.3. The number of hydrogen-bond donors (Lipinski definition) is 0. The van der Waals surface area contributed by atoms with Crippen LogP contribution >= 0.6 is 0 Å². The zero-order chi connectivity index (χ0) is 14.1. The minimum atomic E-state index is -0.890. The molecule has 6 nitrogen and oxygen atoms in total. The molecule has 0 aliphatic rings. The van der Waals surface area contributed by atoms with Crippen LogP contribution in [0.4, 0.5) is 0 Å². The Hall–Kier alpha value is -1.85. The van der Waals surface area contributed by atoms with E-state index in [2.05, 4.69) is 9.47 Å². The van der Waals surface area contributed by atoms with Gasteiger partial charge in [-0.2, -0.15) is 0 Å². The maximum Gasteiger partial charge on any atom is 0.335 e. The van der Waals surface area contributed by atoms with Crippen molar-refractivity contribution in [2.75, 3.05) is 20.3 Å². The Morgan fingerprint density at radius 2 is 1.67 bits per heavy atom. The Bertz CT molecular complexity index is 344. The predicted octanol–water partition coefficient (Wildman–Crippen LogP) is 0.848.